The smallest absolute Gasteiger partial charge is 0.334 e. The molecule has 5 heteroatoms. The van der Waals surface area contributed by atoms with Crippen LogP contribution in [-0.4, -0.2) is 39.8 Å². The molecule has 0 aromatic carbocycles. The second kappa shape index (κ2) is 6.28. The zero-order chi connectivity index (χ0) is 23.6. The molecule has 1 saturated heterocycles. The Kier molecular flexibility index (Phi) is 4.15. The first-order chi connectivity index (χ1) is 15.4. The van der Waals surface area contributed by atoms with Crippen LogP contribution in [0.3, 0.4) is 0 Å². The monoisotopic (exact) mass is 452 g/mol. The van der Waals surface area contributed by atoms with E-state index < -0.39 is 33.7 Å². The lowest BCUT2D eigenvalue weighted by Gasteiger charge is -2.59. The highest BCUT2D eigenvalue weighted by Crippen LogP contribution is 2.77. The van der Waals surface area contributed by atoms with Gasteiger partial charge in [0.1, 0.15) is 23.1 Å². The summed E-state index contributed by atoms with van der Waals surface area (Å²) in [7, 11) is 0. The molecule has 4 aliphatic carbocycles. The summed E-state index contributed by atoms with van der Waals surface area (Å²) in [5.74, 6) is 0.359. The van der Waals surface area contributed by atoms with Crippen LogP contribution in [0.25, 0.3) is 0 Å². The van der Waals surface area contributed by atoms with Gasteiger partial charge in [-0.15, -0.1) is 0 Å². The average molecular weight is 453 g/mol. The number of cyclic esters (lactones) is 1. The quantitative estimate of drug-likeness (QED) is 0.589. The molecule has 5 nitrogen and oxygen atoms in total. The zero-order valence-electron chi connectivity index (χ0n) is 20.5. The summed E-state index contributed by atoms with van der Waals surface area (Å²) in [4.78, 5) is 25.9. The first kappa shape index (κ1) is 21.8. The van der Waals surface area contributed by atoms with Crippen LogP contribution in [0.5, 0.6) is 0 Å². The summed E-state index contributed by atoms with van der Waals surface area (Å²) in [6, 6.07) is 0. The van der Waals surface area contributed by atoms with Crippen molar-refractivity contribution in [3.63, 3.8) is 0 Å². The van der Waals surface area contributed by atoms with Gasteiger partial charge >= 0.3 is 5.97 Å². The standard InChI is InChI=1S/C28H36O5/c1-16-15-22(32-23(30)17(16)2)26(5)28(31)14-13-27(33-26)20-10-9-18-7-6-8-21(29)25(18,4)19(20)11-12-24(27,28)3/h6-7,9,19-20,22,31H,8,10-15H2,1-5H3/t19-,20+,22+,24-,25-,26+,27+,28+/m0/s1. The highest BCUT2D eigenvalue weighted by molar-refractivity contribution is 5.92. The van der Waals surface area contributed by atoms with E-state index in [4.69, 9.17) is 9.47 Å². The number of hydrogen-bond acceptors (Lipinski definition) is 5. The first-order valence-electron chi connectivity index (χ1n) is 12.6. The minimum Gasteiger partial charge on any atom is -0.455 e. The molecule has 178 valence electrons. The minimum atomic E-state index is -1.08. The Morgan fingerprint density at radius 3 is 2.55 bits per heavy atom. The third-order valence-corrected chi connectivity index (χ3v) is 11.4. The number of fused-ring (bicyclic) bond motifs is 3. The van der Waals surface area contributed by atoms with E-state index in [1.807, 2.05) is 19.9 Å². The van der Waals surface area contributed by atoms with Crippen molar-refractivity contribution in [2.24, 2.45) is 22.7 Å². The summed E-state index contributed by atoms with van der Waals surface area (Å²) in [6.45, 7) is 10.1. The van der Waals surface area contributed by atoms with Gasteiger partial charge in [0.2, 0.25) is 0 Å². The van der Waals surface area contributed by atoms with Crippen molar-refractivity contribution in [1.82, 2.24) is 0 Å². The molecule has 6 rings (SSSR count). The van der Waals surface area contributed by atoms with Gasteiger partial charge in [-0.1, -0.05) is 30.7 Å². The number of carbonyl (C=O) groups excluding carboxylic acids is 2. The summed E-state index contributed by atoms with van der Waals surface area (Å²) in [6.07, 6.45) is 11.0. The Morgan fingerprint density at radius 1 is 1.06 bits per heavy atom. The van der Waals surface area contributed by atoms with Crippen LogP contribution >= 0.6 is 0 Å². The Labute approximate surface area is 196 Å². The summed E-state index contributed by atoms with van der Waals surface area (Å²) in [5.41, 5.74) is -0.681. The van der Waals surface area contributed by atoms with E-state index in [9.17, 15) is 14.7 Å². The third-order valence-electron chi connectivity index (χ3n) is 11.4. The van der Waals surface area contributed by atoms with E-state index in [2.05, 4.69) is 26.0 Å². The molecule has 0 aromatic rings. The number of hydrogen-bond donors (Lipinski definition) is 1. The Balaban J connectivity index is 1.46. The van der Waals surface area contributed by atoms with Gasteiger partial charge in [-0.2, -0.15) is 0 Å². The maximum absolute atomic E-state index is 13.3. The Bertz CT molecular complexity index is 1070. The van der Waals surface area contributed by atoms with Crippen molar-refractivity contribution in [1.29, 1.82) is 0 Å². The number of ether oxygens (including phenoxy) is 2. The third kappa shape index (κ3) is 2.18. The molecule has 33 heavy (non-hydrogen) atoms. The lowest BCUT2D eigenvalue weighted by molar-refractivity contribution is -0.247. The Morgan fingerprint density at radius 2 is 1.82 bits per heavy atom. The van der Waals surface area contributed by atoms with Crippen molar-refractivity contribution >= 4 is 11.8 Å². The molecule has 0 unspecified atom stereocenters. The second-order valence-electron chi connectivity index (χ2n) is 12.2. The van der Waals surface area contributed by atoms with Crippen molar-refractivity contribution in [2.45, 2.75) is 102 Å². The van der Waals surface area contributed by atoms with Crippen molar-refractivity contribution in [3.05, 3.63) is 34.9 Å². The fourth-order valence-corrected chi connectivity index (χ4v) is 9.09. The van der Waals surface area contributed by atoms with Gasteiger partial charge in [0.25, 0.3) is 0 Å². The molecule has 0 amide bonds. The first-order valence-corrected chi connectivity index (χ1v) is 12.6. The molecule has 0 aromatic heterocycles. The van der Waals surface area contributed by atoms with E-state index in [-0.39, 0.29) is 17.8 Å². The summed E-state index contributed by atoms with van der Waals surface area (Å²) >= 11 is 0. The average Bonchev–Trinajstić information content (AvgIpc) is 3.10. The van der Waals surface area contributed by atoms with Gasteiger partial charge in [-0.05, 0) is 77.2 Å². The van der Waals surface area contributed by atoms with E-state index >= 15 is 0 Å². The van der Waals surface area contributed by atoms with Crippen molar-refractivity contribution in [3.8, 4) is 0 Å². The van der Waals surface area contributed by atoms with Gasteiger partial charge in [0.05, 0.1) is 11.0 Å². The number of aliphatic hydroxyl groups is 1. The van der Waals surface area contributed by atoms with Gasteiger partial charge in [-0.3, -0.25) is 4.79 Å². The number of rotatable bonds is 1. The van der Waals surface area contributed by atoms with Crippen LogP contribution in [0.15, 0.2) is 34.9 Å². The topological polar surface area (TPSA) is 72.8 Å². The van der Waals surface area contributed by atoms with E-state index in [0.29, 0.717) is 30.6 Å². The number of ketones is 1. The molecule has 2 aliphatic heterocycles. The molecule has 2 heterocycles. The van der Waals surface area contributed by atoms with Crippen LogP contribution in [-0.2, 0) is 19.1 Å². The predicted molar refractivity (Wildman–Crippen MR) is 123 cm³/mol. The molecule has 8 atom stereocenters. The van der Waals surface area contributed by atoms with Crippen molar-refractivity contribution < 1.29 is 24.2 Å². The van der Waals surface area contributed by atoms with Crippen LogP contribution in [0.2, 0.25) is 0 Å². The van der Waals surface area contributed by atoms with Crippen LogP contribution < -0.4 is 0 Å². The van der Waals surface area contributed by atoms with Crippen LogP contribution in [0.1, 0.15) is 79.6 Å². The number of carbonyl (C=O) groups is 2. The SMILES string of the molecule is CC1=C(C)C(=O)O[C@@H]([C@@]2(C)O[C@@]34CC[C@@]2(O)[C@@]3(C)CC[C@H]2[C@H]4CC=C3C=CCC(=O)[C@@]32C)C1. The highest BCUT2D eigenvalue weighted by atomic mass is 16.6. The van der Waals surface area contributed by atoms with E-state index in [0.717, 1.165) is 36.8 Å². The van der Waals surface area contributed by atoms with Gasteiger partial charge in [0, 0.05) is 23.8 Å². The fraction of sp³-hybridized carbons (Fsp3) is 0.714. The molecule has 0 radical (unpaired) electrons. The van der Waals surface area contributed by atoms with Gasteiger partial charge in [0.15, 0.2) is 0 Å². The van der Waals surface area contributed by atoms with Gasteiger partial charge in [-0.25, -0.2) is 4.79 Å². The molecule has 6 aliphatic rings. The fourth-order valence-electron chi connectivity index (χ4n) is 9.09. The van der Waals surface area contributed by atoms with Gasteiger partial charge < -0.3 is 14.6 Å². The maximum atomic E-state index is 13.3. The maximum Gasteiger partial charge on any atom is 0.334 e. The number of esters is 1. The van der Waals surface area contributed by atoms with E-state index in [1.54, 1.807) is 6.92 Å². The number of Topliss-reactive ketones (excluding diaryl/α,β-unsaturated/α-hetero) is 1. The largest absolute Gasteiger partial charge is 0.455 e. The zero-order valence-corrected chi connectivity index (χ0v) is 20.5. The minimum absolute atomic E-state index is 0.161. The van der Waals surface area contributed by atoms with Crippen LogP contribution in [0, 0.1) is 22.7 Å². The lowest BCUT2D eigenvalue weighted by Crippen LogP contribution is -2.63. The summed E-state index contributed by atoms with van der Waals surface area (Å²) < 4.78 is 13.1. The molecule has 1 N–H and O–H groups in total. The highest BCUT2D eigenvalue weighted by Gasteiger charge is 2.84. The molecular formula is C28H36O5. The molecule has 3 fully saturated rings. The normalized spacial score (nSPS) is 52.8. The molecule has 0 spiro atoms. The van der Waals surface area contributed by atoms with E-state index in [1.165, 1.54) is 0 Å². The number of allylic oxidation sites excluding steroid dienone is 4. The molecule has 2 saturated carbocycles. The summed E-state index contributed by atoms with van der Waals surface area (Å²) in [5, 5.41) is 12.4. The molecule has 2 bridgehead atoms. The van der Waals surface area contributed by atoms with Crippen LogP contribution in [0.4, 0.5) is 0 Å². The molecular weight excluding hydrogens is 416 g/mol. The predicted octanol–water partition coefficient (Wildman–Crippen LogP) is 4.59. The second-order valence-corrected chi connectivity index (χ2v) is 12.2. The van der Waals surface area contributed by atoms with Crippen molar-refractivity contribution in [2.75, 3.05) is 0 Å². The lowest BCUT2D eigenvalue weighted by atomic mass is 9.46. The Hall–Kier alpha value is -1.72.